The monoisotopic (exact) mass is 481 g/mol. The van der Waals surface area contributed by atoms with Crippen LogP contribution in [0.25, 0.3) is 17.0 Å². The van der Waals surface area contributed by atoms with Crippen molar-refractivity contribution < 1.29 is 24.6 Å². The van der Waals surface area contributed by atoms with Crippen LogP contribution in [0.15, 0.2) is 84.7 Å². The molecule has 8 nitrogen and oxygen atoms in total. The molecule has 0 unspecified atom stereocenters. The predicted octanol–water partition coefficient (Wildman–Crippen LogP) is 4.03. The van der Waals surface area contributed by atoms with Gasteiger partial charge in [-0.25, -0.2) is 4.79 Å². The van der Waals surface area contributed by atoms with E-state index >= 15 is 0 Å². The SMILES string of the molecule is Cc1cc(C(=O)NCc2cccc(O)c2)ccc1C(=O)NC(=Cc1cnc2ccccc2c1)C(=O)O. The van der Waals surface area contributed by atoms with Gasteiger partial charge in [0.15, 0.2) is 0 Å². The minimum atomic E-state index is -1.29. The number of para-hydroxylation sites is 1. The van der Waals surface area contributed by atoms with E-state index in [1.807, 2.05) is 24.3 Å². The lowest BCUT2D eigenvalue weighted by Gasteiger charge is -2.11. The Kier molecular flexibility index (Phi) is 7.06. The van der Waals surface area contributed by atoms with Crippen molar-refractivity contribution in [1.82, 2.24) is 15.6 Å². The lowest BCUT2D eigenvalue weighted by Crippen LogP contribution is -2.28. The molecule has 3 aromatic carbocycles. The summed E-state index contributed by atoms with van der Waals surface area (Å²) >= 11 is 0. The second kappa shape index (κ2) is 10.5. The van der Waals surface area contributed by atoms with Gasteiger partial charge in [0.1, 0.15) is 11.4 Å². The number of rotatable bonds is 7. The number of aryl methyl sites for hydroxylation is 1. The molecule has 4 N–H and O–H groups in total. The fraction of sp³-hybridized carbons (Fsp3) is 0.0714. The zero-order chi connectivity index (χ0) is 25.7. The molecule has 1 heterocycles. The smallest absolute Gasteiger partial charge is 0.352 e. The van der Waals surface area contributed by atoms with Gasteiger partial charge in [-0.3, -0.25) is 14.6 Å². The molecule has 180 valence electrons. The van der Waals surface area contributed by atoms with Gasteiger partial charge in [-0.15, -0.1) is 0 Å². The Morgan fingerprint density at radius 2 is 1.75 bits per heavy atom. The van der Waals surface area contributed by atoms with Gasteiger partial charge in [0.2, 0.25) is 0 Å². The average Bonchev–Trinajstić information content (AvgIpc) is 2.86. The Morgan fingerprint density at radius 1 is 0.944 bits per heavy atom. The number of pyridine rings is 1. The summed E-state index contributed by atoms with van der Waals surface area (Å²) < 4.78 is 0. The molecule has 0 fully saturated rings. The quantitative estimate of drug-likeness (QED) is 0.295. The molecule has 0 radical (unpaired) electrons. The molecular weight excluding hydrogens is 458 g/mol. The highest BCUT2D eigenvalue weighted by molar-refractivity contribution is 6.04. The maximum absolute atomic E-state index is 12.9. The Balaban J connectivity index is 1.48. The van der Waals surface area contributed by atoms with E-state index in [1.54, 1.807) is 43.3 Å². The molecule has 0 bridgehead atoms. The summed E-state index contributed by atoms with van der Waals surface area (Å²) in [6.45, 7) is 1.89. The number of phenolic OH excluding ortho intramolecular Hbond substituents is 1. The number of aromatic hydroxyl groups is 1. The molecule has 0 aliphatic heterocycles. The molecule has 0 saturated carbocycles. The number of hydrogen-bond acceptors (Lipinski definition) is 5. The van der Waals surface area contributed by atoms with Crippen LogP contribution in [0.3, 0.4) is 0 Å². The normalized spacial score (nSPS) is 11.2. The fourth-order valence-corrected chi connectivity index (χ4v) is 3.69. The van der Waals surface area contributed by atoms with Crippen molar-refractivity contribution in [3.63, 3.8) is 0 Å². The number of nitrogens with one attached hydrogen (secondary N) is 2. The number of aliphatic carboxylic acids is 1. The number of carboxylic acids is 1. The van der Waals surface area contributed by atoms with Crippen LogP contribution in [0.5, 0.6) is 5.75 Å². The number of carbonyl (C=O) groups excluding carboxylic acids is 2. The maximum Gasteiger partial charge on any atom is 0.352 e. The van der Waals surface area contributed by atoms with Gasteiger partial charge >= 0.3 is 5.97 Å². The van der Waals surface area contributed by atoms with Gasteiger partial charge in [-0.1, -0.05) is 30.3 Å². The largest absolute Gasteiger partial charge is 0.508 e. The van der Waals surface area contributed by atoms with E-state index in [0.29, 0.717) is 16.7 Å². The van der Waals surface area contributed by atoms with E-state index in [4.69, 9.17) is 0 Å². The van der Waals surface area contributed by atoms with Crippen LogP contribution in [0.1, 0.15) is 37.4 Å². The number of benzene rings is 3. The van der Waals surface area contributed by atoms with Gasteiger partial charge in [-0.05, 0) is 72.2 Å². The van der Waals surface area contributed by atoms with E-state index < -0.39 is 11.9 Å². The summed E-state index contributed by atoms with van der Waals surface area (Å²) in [5, 5.41) is 25.2. The standard InChI is InChI=1S/C28H23N3O5/c1-17-11-21(26(33)30-15-18-5-4-7-22(32)13-18)9-10-23(17)27(34)31-25(28(35)36)14-19-12-20-6-2-3-8-24(20)29-16-19/h2-14,16,32H,15H2,1H3,(H,30,33)(H,31,34)(H,35,36). The summed E-state index contributed by atoms with van der Waals surface area (Å²) in [5.41, 5.74) is 2.84. The lowest BCUT2D eigenvalue weighted by molar-refractivity contribution is -0.132. The number of fused-ring (bicyclic) bond motifs is 1. The molecule has 36 heavy (non-hydrogen) atoms. The zero-order valence-corrected chi connectivity index (χ0v) is 19.4. The molecule has 0 atom stereocenters. The molecule has 8 heteroatoms. The van der Waals surface area contributed by atoms with Gasteiger partial charge in [-0.2, -0.15) is 0 Å². The topological polar surface area (TPSA) is 129 Å². The number of nitrogens with zero attached hydrogens (tertiary/aromatic N) is 1. The molecule has 1 aromatic heterocycles. The maximum atomic E-state index is 12.9. The number of phenols is 1. The van der Waals surface area contributed by atoms with Crippen molar-refractivity contribution >= 4 is 34.8 Å². The van der Waals surface area contributed by atoms with E-state index in [0.717, 1.165) is 16.5 Å². The van der Waals surface area contributed by atoms with Crippen LogP contribution < -0.4 is 10.6 Å². The van der Waals surface area contributed by atoms with E-state index in [-0.39, 0.29) is 29.5 Å². The van der Waals surface area contributed by atoms with Crippen molar-refractivity contribution in [1.29, 1.82) is 0 Å². The third kappa shape index (κ3) is 5.74. The summed E-state index contributed by atoms with van der Waals surface area (Å²) in [5.74, 6) is -2.14. The number of carboxylic acid groups (broad SMARTS) is 1. The van der Waals surface area contributed by atoms with Gasteiger partial charge in [0.25, 0.3) is 11.8 Å². The second-order valence-corrected chi connectivity index (χ2v) is 8.16. The molecular formula is C28H23N3O5. The van der Waals surface area contributed by atoms with Crippen LogP contribution >= 0.6 is 0 Å². The Labute approximate surface area is 206 Å². The summed E-state index contributed by atoms with van der Waals surface area (Å²) in [6.07, 6.45) is 2.88. The van der Waals surface area contributed by atoms with Crippen LogP contribution in [0.2, 0.25) is 0 Å². The average molecular weight is 482 g/mol. The first kappa shape index (κ1) is 24.2. The number of hydrogen-bond donors (Lipinski definition) is 4. The summed E-state index contributed by atoms with van der Waals surface area (Å²) in [4.78, 5) is 41.5. The Morgan fingerprint density at radius 3 is 2.50 bits per heavy atom. The van der Waals surface area contributed by atoms with E-state index in [9.17, 15) is 24.6 Å². The number of amides is 2. The Hall–Kier alpha value is -4.98. The Bertz CT molecular complexity index is 1510. The third-order valence-corrected chi connectivity index (χ3v) is 5.50. The van der Waals surface area contributed by atoms with Crippen molar-refractivity contribution in [3.05, 3.63) is 113 Å². The van der Waals surface area contributed by atoms with Crippen LogP contribution in [0.4, 0.5) is 0 Å². The van der Waals surface area contributed by atoms with E-state index in [1.165, 1.54) is 24.4 Å². The summed E-state index contributed by atoms with van der Waals surface area (Å²) in [7, 11) is 0. The molecule has 4 aromatic rings. The molecule has 0 aliphatic carbocycles. The van der Waals surface area contributed by atoms with Gasteiger partial charge in [0.05, 0.1) is 5.52 Å². The number of carbonyl (C=O) groups is 3. The van der Waals surface area contributed by atoms with Gasteiger partial charge in [0, 0.05) is 29.3 Å². The first-order chi connectivity index (χ1) is 17.3. The van der Waals surface area contributed by atoms with Crippen LogP contribution in [-0.4, -0.2) is 33.0 Å². The van der Waals surface area contributed by atoms with E-state index in [2.05, 4.69) is 15.6 Å². The predicted molar refractivity (Wildman–Crippen MR) is 135 cm³/mol. The third-order valence-electron chi connectivity index (χ3n) is 5.50. The highest BCUT2D eigenvalue weighted by Gasteiger charge is 2.17. The zero-order valence-electron chi connectivity index (χ0n) is 19.4. The molecule has 4 rings (SSSR count). The van der Waals surface area contributed by atoms with Crippen molar-refractivity contribution in [2.45, 2.75) is 13.5 Å². The molecule has 0 saturated heterocycles. The van der Waals surface area contributed by atoms with Crippen molar-refractivity contribution in [3.8, 4) is 5.75 Å². The van der Waals surface area contributed by atoms with Crippen LogP contribution in [0, 0.1) is 6.92 Å². The minimum absolute atomic E-state index is 0.111. The first-order valence-electron chi connectivity index (χ1n) is 11.1. The van der Waals surface area contributed by atoms with Crippen molar-refractivity contribution in [2.24, 2.45) is 0 Å². The summed E-state index contributed by atoms with van der Waals surface area (Å²) in [6, 6.07) is 20.3. The number of aromatic nitrogens is 1. The van der Waals surface area contributed by atoms with Crippen LogP contribution in [-0.2, 0) is 11.3 Å². The molecule has 0 aliphatic rings. The highest BCUT2D eigenvalue weighted by Crippen LogP contribution is 2.16. The molecule has 2 amide bonds. The highest BCUT2D eigenvalue weighted by atomic mass is 16.4. The van der Waals surface area contributed by atoms with Crippen molar-refractivity contribution in [2.75, 3.05) is 0 Å². The van der Waals surface area contributed by atoms with Gasteiger partial charge < -0.3 is 20.8 Å². The minimum Gasteiger partial charge on any atom is -0.508 e. The lowest BCUT2D eigenvalue weighted by atomic mass is 10.0. The fourth-order valence-electron chi connectivity index (χ4n) is 3.69. The second-order valence-electron chi connectivity index (χ2n) is 8.16. The molecule has 0 spiro atoms. The first-order valence-corrected chi connectivity index (χ1v) is 11.1.